The number of rotatable bonds is 4. The fourth-order valence-corrected chi connectivity index (χ4v) is 1.62. The van der Waals surface area contributed by atoms with E-state index < -0.39 is 11.4 Å². The van der Waals surface area contributed by atoms with Crippen molar-refractivity contribution in [2.45, 2.75) is 12.1 Å². The first kappa shape index (κ1) is 11.3. The highest BCUT2D eigenvalue weighted by Crippen LogP contribution is 2.19. The van der Waals surface area contributed by atoms with Gasteiger partial charge in [-0.1, -0.05) is 30.3 Å². The summed E-state index contributed by atoms with van der Waals surface area (Å²) >= 11 is 0. The second-order valence-corrected chi connectivity index (χ2v) is 3.79. The molecule has 1 amide bonds. The normalized spacial score (nSPS) is 14.2. The fraction of sp³-hybridized carbons (Fsp3) is 0.182. The molecule has 6 nitrogen and oxygen atoms in total. The Labute approximate surface area is 98.3 Å². The van der Waals surface area contributed by atoms with Crippen LogP contribution in [0.2, 0.25) is 0 Å². The largest absolute Gasteiger partial charge is 0.368 e. The Balaban J connectivity index is 2.37. The zero-order valence-electron chi connectivity index (χ0n) is 9.15. The predicted octanol–water partition coefficient (Wildman–Crippen LogP) is -0.382. The van der Waals surface area contributed by atoms with E-state index >= 15 is 0 Å². The summed E-state index contributed by atoms with van der Waals surface area (Å²) in [5.74, 6) is -0.598. The van der Waals surface area contributed by atoms with Crippen LogP contribution in [0.5, 0.6) is 0 Å². The fourth-order valence-electron chi connectivity index (χ4n) is 1.62. The second kappa shape index (κ2) is 4.34. The highest BCUT2D eigenvalue weighted by Gasteiger charge is 2.34. The summed E-state index contributed by atoms with van der Waals surface area (Å²) in [6.45, 7) is 0.159. The zero-order valence-corrected chi connectivity index (χ0v) is 9.15. The molecule has 0 bridgehead atoms. The average Bonchev–Trinajstić information content (AvgIpc) is 2.82. The van der Waals surface area contributed by atoms with E-state index in [1.54, 1.807) is 24.3 Å². The molecule has 2 rings (SSSR count). The van der Waals surface area contributed by atoms with Crippen molar-refractivity contribution < 1.29 is 4.79 Å². The summed E-state index contributed by atoms with van der Waals surface area (Å²) in [5.41, 5.74) is 10.9. The van der Waals surface area contributed by atoms with E-state index in [2.05, 4.69) is 10.1 Å². The van der Waals surface area contributed by atoms with Crippen LogP contribution in [0.15, 0.2) is 43.0 Å². The van der Waals surface area contributed by atoms with Gasteiger partial charge in [0.2, 0.25) is 5.91 Å². The molecule has 17 heavy (non-hydrogen) atoms. The molecule has 1 aromatic heterocycles. The molecular formula is C11H13N5O. The zero-order chi connectivity index (χ0) is 12.3. The molecule has 0 saturated heterocycles. The Kier molecular flexibility index (Phi) is 2.88. The van der Waals surface area contributed by atoms with E-state index in [0.29, 0.717) is 5.56 Å². The number of nitrogens with zero attached hydrogens (tertiary/aromatic N) is 3. The molecule has 4 N–H and O–H groups in total. The molecule has 88 valence electrons. The molecule has 1 unspecified atom stereocenters. The Morgan fingerprint density at radius 2 is 2.06 bits per heavy atom. The topological polar surface area (TPSA) is 99.8 Å². The van der Waals surface area contributed by atoms with Crippen molar-refractivity contribution in [3.05, 3.63) is 48.5 Å². The standard InChI is InChI=1S/C11H13N5O/c12-10(17)11(13,6-16-8-14-7-15-16)9-4-2-1-3-5-9/h1-5,7-8H,6,13H2,(H2,12,17). The number of primary amides is 1. The SMILES string of the molecule is NC(=O)C(N)(Cn1cncn1)c1ccccc1. The third-order valence-electron chi connectivity index (χ3n) is 2.61. The van der Waals surface area contributed by atoms with Gasteiger partial charge in [0, 0.05) is 0 Å². The predicted molar refractivity (Wildman–Crippen MR) is 61.5 cm³/mol. The number of hydrogen-bond acceptors (Lipinski definition) is 4. The summed E-state index contributed by atoms with van der Waals surface area (Å²) in [5, 5.41) is 3.93. The molecule has 1 atom stereocenters. The van der Waals surface area contributed by atoms with Gasteiger partial charge in [-0.2, -0.15) is 5.10 Å². The van der Waals surface area contributed by atoms with Gasteiger partial charge in [-0.15, -0.1) is 0 Å². The Morgan fingerprint density at radius 1 is 1.35 bits per heavy atom. The van der Waals surface area contributed by atoms with Crippen molar-refractivity contribution >= 4 is 5.91 Å². The van der Waals surface area contributed by atoms with E-state index in [1.165, 1.54) is 17.3 Å². The molecule has 0 radical (unpaired) electrons. The molecule has 1 heterocycles. The van der Waals surface area contributed by atoms with E-state index in [9.17, 15) is 4.79 Å². The molecule has 0 fully saturated rings. The first-order valence-electron chi connectivity index (χ1n) is 5.09. The molecule has 0 saturated carbocycles. The molecule has 1 aromatic carbocycles. The molecule has 0 aliphatic carbocycles. The van der Waals surface area contributed by atoms with Gasteiger partial charge in [0.25, 0.3) is 0 Å². The van der Waals surface area contributed by atoms with Crippen molar-refractivity contribution in [1.29, 1.82) is 0 Å². The van der Waals surface area contributed by atoms with E-state index in [4.69, 9.17) is 11.5 Å². The maximum absolute atomic E-state index is 11.6. The monoisotopic (exact) mass is 231 g/mol. The van der Waals surface area contributed by atoms with Crippen molar-refractivity contribution in [3.63, 3.8) is 0 Å². The van der Waals surface area contributed by atoms with Crippen molar-refractivity contribution in [3.8, 4) is 0 Å². The van der Waals surface area contributed by atoms with Gasteiger partial charge >= 0.3 is 0 Å². The van der Waals surface area contributed by atoms with Gasteiger partial charge in [-0.3, -0.25) is 9.48 Å². The molecular weight excluding hydrogens is 218 g/mol. The molecule has 0 aliphatic rings. The number of nitrogens with two attached hydrogens (primary N) is 2. The quantitative estimate of drug-likeness (QED) is 0.748. The van der Waals surface area contributed by atoms with Crippen LogP contribution >= 0.6 is 0 Å². The number of carbonyl (C=O) groups is 1. The lowest BCUT2D eigenvalue weighted by Gasteiger charge is -2.26. The van der Waals surface area contributed by atoms with Crippen LogP contribution in [0.4, 0.5) is 0 Å². The first-order chi connectivity index (χ1) is 8.13. The maximum atomic E-state index is 11.6. The van der Waals surface area contributed by atoms with E-state index in [1.807, 2.05) is 6.07 Å². The minimum atomic E-state index is -1.28. The van der Waals surface area contributed by atoms with Crippen LogP contribution in [-0.2, 0) is 16.9 Å². The van der Waals surface area contributed by atoms with E-state index in [-0.39, 0.29) is 6.54 Å². The van der Waals surface area contributed by atoms with Crippen LogP contribution in [0.3, 0.4) is 0 Å². The summed E-state index contributed by atoms with van der Waals surface area (Å²) in [7, 11) is 0. The Hall–Kier alpha value is -2.21. The Morgan fingerprint density at radius 3 is 2.59 bits per heavy atom. The summed E-state index contributed by atoms with van der Waals surface area (Å²) in [6.07, 6.45) is 2.87. The number of benzene rings is 1. The molecule has 2 aromatic rings. The van der Waals surface area contributed by atoms with Crippen LogP contribution in [0.25, 0.3) is 0 Å². The van der Waals surface area contributed by atoms with Crippen LogP contribution < -0.4 is 11.5 Å². The number of amides is 1. The highest BCUT2D eigenvalue weighted by atomic mass is 16.1. The molecule has 0 aliphatic heterocycles. The lowest BCUT2D eigenvalue weighted by atomic mass is 9.90. The van der Waals surface area contributed by atoms with Gasteiger partial charge in [0.05, 0.1) is 6.54 Å². The number of aromatic nitrogens is 3. The number of hydrogen-bond donors (Lipinski definition) is 2. The minimum Gasteiger partial charge on any atom is -0.368 e. The highest BCUT2D eigenvalue weighted by molar-refractivity contribution is 5.85. The van der Waals surface area contributed by atoms with Gasteiger partial charge in [0.15, 0.2) is 0 Å². The summed E-state index contributed by atoms with van der Waals surface area (Å²) in [4.78, 5) is 15.4. The van der Waals surface area contributed by atoms with Gasteiger partial charge in [-0.05, 0) is 5.56 Å². The first-order valence-corrected chi connectivity index (χ1v) is 5.09. The van der Waals surface area contributed by atoms with Gasteiger partial charge in [0.1, 0.15) is 18.2 Å². The third kappa shape index (κ3) is 2.16. The van der Waals surface area contributed by atoms with Crippen LogP contribution in [0, 0.1) is 0 Å². The second-order valence-electron chi connectivity index (χ2n) is 3.79. The average molecular weight is 231 g/mol. The van der Waals surface area contributed by atoms with Crippen LogP contribution in [-0.4, -0.2) is 20.7 Å². The number of carbonyl (C=O) groups excluding carboxylic acids is 1. The maximum Gasteiger partial charge on any atom is 0.244 e. The third-order valence-corrected chi connectivity index (χ3v) is 2.61. The summed E-state index contributed by atoms with van der Waals surface area (Å²) in [6, 6.07) is 8.99. The smallest absolute Gasteiger partial charge is 0.244 e. The summed E-state index contributed by atoms with van der Waals surface area (Å²) < 4.78 is 1.48. The minimum absolute atomic E-state index is 0.159. The van der Waals surface area contributed by atoms with Crippen molar-refractivity contribution in [1.82, 2.24) is 14.8 Å². The van der Waals surface area contributed by atoms with Crippen LogP contribution in [0.1, 0.15) is 5.56 Å². The molecule has 6 heteroatoms. The van der Waals surface area contributed by atoms with Crippen molar-refractivity contribution in [2.75, 3.05) is 0 Å². The Bertz CT molecular complexity index is 496. The molecule has 0 spiro atoms. The van der Waals surface area contributed by atoms with E-state index in [0.717, 1.165) is 0 Å². The lowest BCUT2D eigenvalue weighted by Crippen LogP contribution is -2.52. The van der Waals surface area contributed by atoms with Crippen molar-refractivity contribution in [2.24, 2.45) is 11.5 Å². The van der Waals surface area contributed by atoms with Gasteiger partial charge < -0.3 is 11.5 Å². The lowest BCUT2D eigenvalue weighted by molar-refractivity contribution is -0.124. The van der Waals surface area contributed by atoms with Gasteiger partial charge in [-0.25, -0.2) is 4.98 Å².